The molecular formula is C29H28N6O4. The number of para-hydroxylation sites is 1. The van der Waals surface area contributed by atoms with E-state index in [9.17, 15) is 14.4 Å². The zero-order valence-corrected chi connectivity index (χ0v) is 21.4. The summed E-state index contributed by atoms with van der Waals surface area (Å²) >= 11 is 0. The Bertz CT molecular complexity index is 1680. The van der Waals surface area contributed by atoms with Gasteiger partial charge in [0.2, 0.25) is 11.7 Å². The van der Waals surface area contributed by atoms with E-state index in [0.29, 0.717) is 68.3 Å². The number of carbonyl (C=O) groups excluding carboxylic acids is 2. The van der Waals surface area contributed by atoms with Crippen molar-refractivity contribution >= 4 is 28.5 Å². The summed E-state index contributed by atoms with van der Waals surface area (Å²) in [5.74, 6) is 1.26. The molecule has 2 amide bonds. The summed E-state index contributed by atoms with van der Waals surface area (Å²) in [6, 6.07) is 20.8. The molecule has 0 N–H and O–H groups in total. The van der Waals surface area contributed by atoms with Crippen molar-refractivity contribution in [2.24, 2.45) is 0 Å². The highest BCUT2D eigenvalue weighted by Crippen LogP contribution is 2.17. The van der Waals surface area contributed by atoms with Crippen LogP contribution in [-0.4, -0.2) is 67.0 Å². The largest absolute Gasteiger partial charge is 0.459 e. The smallest absolute Gasteiger partial charge is 0.289 e. The normalized spacial score (nSPS) is 13.8. The van der Waals surface area contributed by atoms with Gasteiger partial charge in [-0.3, -0.25) is 23.4 Å². The number of amides is 2. The third-order valence-electron chi connectivity index (χ3n) is 7.26. The molecule has 0 atom stereocenters. The summed E-state index contributed by atoms with van der Waals surface area (Å²) in [5.41, 5.74) is 1.75. The zero-order chi connectivity index (χ0) is 26.8. The average Bonchev–Trinajstić information content (AvgIpc) is 3.67. The Morgan fingerprint density at radius 2 is 1.56 bits per heavy atom. The molecule has 0 unspecified atom stereocenters. The molecule has 10 heteroatoms. The van der Waals surface area contributed by atoms with E-state index in [4.69, 9.17) is 4.42 Å². The minimum absolute atomic E-state index is 0.00134. The molecule has 1 aliphatic rings. The first-order chi connectivity index (χ1) is 19.1. The lowest BCUT2D eigenvalue weighted by Crippen LogP contribution is -2.50. The van der Waals surface area contributed by atoms with Crippen LogP contribution in [0.1, 0.15) is 28.4 Å². The topological polar surface area (TPSA) is 106 Å². The molecule has 0 bridgehead atoms. The van der Waals surface area contributed by atoms with Gasteiger partial charge in [-0.25, -0.2) is 0 Å². The maximum atomic E-state index is 13.4. The Balaban J connectivity index is 1.19. The number of hydrogen-bond acceptors (Lipinski definition) is 6. The lowest BCUT2D eigenvalue weighted by Gasteiger charge is -2.34. The summed E-state index contributed by atoms with van der Waals surface area (Å²) in [7, 11) is 0. The first kappa shape index (κ1) is 24.6. The van der Waals surface area contributed by atoms with Crippen LogP contribution in [0.4, 0.5) is 0 Å². The van der Waals surface area contributed by atoms with Gasteiger partial charge in [-0.05, 0) is 36.2 Å². The molecule has 0 radical (unpaired) electrons. The molecule has 4 heterocycles. The Morgan fingerprint density at radius 3 is 2.33 bits per heavy atom. The Labute approximate surface area is 224 Å². The minimum Gasteiger partial charge on any atom is -0.459 e. The van der Waals surface area contributed by atoms with Gasteiger partial charge < -0.3 is 14.2 Å². The van der Waals surface area contributed by atoms with E-state index < -0.39 is 0 Å². The van der Waals surface area contributed by atoms with Crippen LogP contribution in [0.3, 0.4) is 0 Å². The number of nitrogens with zero attached hydrogens (tertiary/aromatic N) is 6. The van der Waals surface area contributed by atoms with Crippen molar-refractivity contribution in [3.05, 3.63) is 100 Å². The van der Waals surface area contributed by atoms with Gasteiger partial charge in [-0.2, -0.15) is 0 Å². The molecule has 39 heavy (non-hydrogen) atoms. The number of carbonyl (C=O) groups is 2. The fraction of sp³-hybridized carbons (Fsp3) is 0.276. The van der Waals surface area contributed by atoms with Crippen molar-refractivity contribution in [2.75, 3.05) is 26.2 Å². The highest BCUT2D eigenvalue weighted by molar-refractivity contribution is 5.91. The first-order valence-corrected chi connectivity index (χ1v) is 13.1. The SMILES string of the molecule is O=C(CCc1nnc2n(CCc3ccccc3)c(=O)c3ccccc3n12)N1CCN(C(=O)c2ccco2)CC1. The van der Waals surface area contributed by atoms with Gasteiger partial charge in [0, 0.05) is 45.6 Å². The number of benzene rings is 2. The number of furan rings is 1. The number of hydrogen-bond donors (Lipinski definition) is 0. The van der Waals surface area contributed by atoms with Crippen molar-refractivity contribution in [3.8, 4) is 0 Å². The van der Waals surface area contributed by atoms with Crippen molar-refractivity contribution in [2.45, 2.75) is 25.8 Å². The predicted octanol–water partition coefficient (Wildman–Crippen LogP) is 2.80. The fourth-order valence-corrected chi connectivity index (χ4v) is 5.16. The average molecular weight is 525 g/mol. The van der Waals surface area contributed by atoms with Gasteiger partial charge in [0.05, 0.1) is 17.2 Å². The van der Waals surface area contributed by atoms with Crippen LogP contribution >= 0.6 is 0 Å². The van der Waals surface area contributed by atoms with Crippen LogP contribution < -0.4 is 5.56 Å². The molecule has 0 spiro atoms. The zero-order valence-electron chi connectivity index (χ0n) is 21.4. The predicted molar refractivity (Wildman–Crippen MR) is 144 cm³/mol. The van der Waals surface area contributed by atoms with E-state index in [-0.39, 0.29) is 23.8 Å². The van der Waals surface area contributed by atoms with Crippen molar-refractivity contribution < 1.29 is 14.0 Å². The number of piperazine rings is 1. The molecule has 0 saturated carbocycles. The number of aryl methyl sites for hydroxylation is 3. The Kier molecular flexibility index (Phi) is 6.66. The number of aromatic nitrogens is 4. The van der Waals surface area contributed by atoms with Gasteiger partial charge >= 0.3 is 0 Å². The van der Waals surface area contributed by atoms with Crippen LogP contribution in [0.25, 0.3) is 16.7 Å². The van der Waals surface area contributed by atoms with Gasteiger partial charge in [-0.1, -0.05) is 42.5 Å². The highest BCUT2D eigenvalue weighted by atomic mass is 16.3. The van der Waals surface area contributed by atoms with E-state index in [1.807, 2.05) is 59.0 Å². The van der Waals surface area contributed by atoms with Crippen LogP contribution in [0.5, 0.6) is 0 Å². The molecule has 5 aromatic rings. The molecule has 2 aromatic carbocycles. The molecule has 1 saturated heterocycles. The second-order valence-corrected chi connectivity index (χ2v) is 9.61. The molecule has 3 aromatic heterocycles. The van der Waals surface area contributed by atoms with Gasteiger partial charge in [0.25, 0.3) is 11.5 Å². The van der Waals surface area contributed by atoms with Crippen LogP contribution in [-0.2, 0) is 24.2 Å². The quantitative estimate of drug-likeness (QED) is 0.324. The van der Waals surface area contributed by atoms with Crippen LogP contribution in [0.2, 0.25) is 0 Å². The van der Waals surface area contributed by atoms with Crippen molar-refractivity contribution in [1.82, 2.24) is 29.0 Å². The molecule has 6 rings (SSSR count). The lowest BCUT2D eigenvalue weighted by molar-refractivity contribution is -0.132. The second-order valence-electron chi connectivity index (χ2n) is 9.61. The van der Waals surface area contributed by atoms with Crippen LogP contribution in [0, 0.1) is 0 Å². The fourth-order valence-electron chi connectivity index (χ4n) is 5.16. The van der Waals surface area contributed by atoms with Gasteiger partial charge in [-0.15, -0.1) is 10.2 Å². The summed E-state index contributed by atoms with van der Waals surface area (Å²) in [6.45, 7) is 2.31. The maximum absolute atomic E-state index is 13.4. The van der Waals surface area contributed by atoms with Gasteiger partial charge in [0.1, 0.15) is 5.82 Å². The van der Waals surface area contributed by atoms with E-state index in [1.165, 1.54) is 6.26 Å². The number of rotatable bonds is 7. The highest BCUT2D eigenvalue weighted by Gasteiger charge is 2.26. The van der Waals surface area contributed by atoms with Crippen molar-refractivity contribution in [3.63, 3.8) is 0 Å². The molecular weight excluding hydrogens is 496 g/mol. The summed E-state index contributed by atoms with van der Waals surface area (Å²) in [6.07, 6.45) is 2.80. The molecule has 0 aliphatic carbocycles. The standard InChI is InChI=1S/C29H28N6O4/c36-26(32-16-18-33(19-17-32)28(38)24-11-6-20-39-24)13-12-25-30-31-29-34(15-14-21-7-2-1-3-8-21)27(37)22-9-4-5-10-23(22)35(25)29/h1-11,20H,12-19H2. The van der Waals surface area contributed by atoms with E-state index in [0.717, 1.165) is 11.1 Å². The molecule has 198 valence electrons. The molecule has 10 nitrogen and oxygen atoms in total. The summed E-state index contributed by atoms with van der Waals surface area (Å²) < 4.78 is 8.78. The van der Waals surface area contributed by atoms with Gasteiger partial charge in [0.15, 0.2) is 5.76 Å². The van der Waals surface area contributed by atoms with E-state index in [1.54, 1.807) is 26.5 Å². The van der Waals surface area contributed by atoms with E-state index >= 15 is 0 Å². The third-order valence-corrected chi connectivity index (χ3v) is 7.26. The second kappa shape index (κ2) is 10.6. The summed E-state index contributed by atoms with van der Waals surface area (Å²) in [4.78, 5) is 42.5. The Hall–Kier alpha value is -4.73. The summed E-state index contributed by atoms with van der Waals surface area (Å²) in [5, 5.41) is 9.37. The van der Waals surface area contributed by atoms with Crippen molar-refractivity contribution in [1.29, 1.82) is 0 Å². The molecule has 1 aliphatic heterocycles. The van der Waals surface area contributed by atoms with Crippen LogP contribution in [0.15, 0.2) is 82.2 Å². The minimum atomic E-state index is -0.160. The monoisotopic (exact) mass is 524 g/mol. The molecule has 1 fully saturated rings. The third kappa shape index (κ3) is 4.81. The van der Waals surface area contributed by atoms with E-state index in [2.05, 4.69) is 10.2 Å². The number of fused-ring (bicyclic) bond motifs is 3. The lowest BCUT2D eigenvalue weighted by atomic mass is 10.1. The Morgan fingerprint density at radius 1 is 0.821 bits per heavy atom. The first-order valence-electron chi connectivity index (χ1n) is 13.1. The maximum Gasteiger partial charge on any atom is 0.289 e.